The van der Waals surface area contributed by atoms with Gasteiger partial charge in [0, 0.05) is 18.0 Å². The van der Waals surface area contributed by atoms with E-state index in [1.165, 1.54) is 18.3 Å². The predicted molar refractivity (Wildman–Crippen MR) is 133 cm³/mol. The second-order valence-electron chi connectivity index (χ2n) is 8.05. The molecule has 3 aromatic heterocycles. The van der Waals surface area contributed by atoms with E-state index in [1.807, 2.05) is 23.8 Å². The molecule has 0 fully saturated rings. The Labute approximate surface area is 209 Å². The van der Waals surface area contributed by atoms with E-state index in [1.54, 1.807) is 16.7 Å². The third kappa shape index (κ3) is 4.35. The molecule has 0 radical (unpaired) electrons. The van der Waals surface area contributed by atoms with Crippen LogP contribution in [0.15, 0.2) is 71.9 Å². The lowest BCUT2D eigenvalue weighted by atomic mass is 10.1. The molecule has 8 nitrogen and oxygen atoms in total. The van der Waals surface area contributed by atoms with Crippen LogP contribution >= 0.6 is 0 Å². The van der Waals surface area contributed by atoms with E-state index in [0.29, 0.717) is 17.0 Å². The lowest BCUT2D eigenvalue weighted by Gasteiger charge is -2.12. The molecule has 0 aliphatic rings. The number of rotatable bonds is 6. The molecule has 0 aliphatic heterocycles. The van der Waals surface area contributed by atoms with Crippen LogP contribution in [0.25, 0.3) is 28.3 Å². The Hall–Kier alpha value is -4.45. The van der Waals surface area contributed by atoms with Gasteiger partial charge in [0.25, 0.3) is 10.0 Å². The predicted octanol–water partition coefficient (Wildman–Crippen LogP) is 4.82. The molecule has 3 heterocycles. The normalized spacial score (nSPS) is 11.7. The summed E-state index contributed by atoms with van der Waals surface area (Å²) in [7, 11) is -4.80. The Bertz CT molecular complexity index is 1750. The maximum absolute atomic E-state index is 15.8. The molecule has 0 unspecified atom stereocenters. The quantitative estimate of drug-likeness (QED) is 0.329. The smallest absolute Gasteiger partial charge is 0.267 e. The van der Waals surface area contributed by atoms with Gasteiger partial charge in [-0.1, -0.05) is 19.1 Å². The number of imidazole rings is 1. The zero-order valence-electron chi connectivity index (χ0n) is 19.3. The maximum atomic E-state index is 15.8. The summed E-state index contributed by atoms with van der Waals surface area (Å²) in [6.07, 6.45) is 3.96. The minimum Gasteiger partial charge on any atom is -0.368 e. The summed E-state index contributed by atoms with van der Waals surface area (Å²) in [5.74, 6) is -3.61. The zero-order chi connectivity index (χ0) is 26.3. The highest BCUT2D eigenvalue weighted by Crippen LogP contribution is 2.36. The van der Waals surface area contributed by atoms with Crippen molar-refractivity contribution in [3.05, 3.63) is 90.0 Å². The van der Waals surface area contributed by atoms with Crippen LogP contribution in [-0.2, 0) is 16.4 Å². The average Bonchev–Trinajstić information content (AvgIpc) is 3.23. The molecular formula is C25H19F3N6O2S. The van der Waals surface area contributed by atoms with Gasteiger partial charge >= 0.3 is 0 Å². The average molecular weight is 525 g/mol. The van der Waals surface area contributed by atoms with Gasteiger partial charge in [-0.15, -0.1) is 0 Å². The van der Waals surface area contributed by atoms with Crippen LogP contribution in [0.1, 0.15) is 12.5 Å². The molecule has 3 N–H and O–H groups in total. The number of anilines is 2. The molecule has 12 heteroatoms. The highest BCUT2D eigenvalue weighted by atomic mass is 32.2. The molecule has 5 rings (SSSR count). The first-order chi connectivity index (χ1) is 17.7. The van der Waals surface area contributed by atoms with Gasteiger partial charge in [0.15, 0.2) is 10.7 Å². The van der Waals surface area contributed by atoms with Crippen LogP contribution < -0.4 is 10.5 Å². The largest absolute Gasteiger partial charge is 0.368 e. The molecule has 0 atom stereocenters. The summed E-state index contributed by atoms with van der Waals surface area (Å²) in [5.41, 5.74) is 7.60. The van der Waals surface area contributed by atoms with Crippen LogP contribution in [0.5, 0.6) is 0 Å². The number of nitrogens with zero attached hydrogens (tertiary/aromatic N) is 4. The zero-order valence-corrected chi connectivity index (χ0v) is 20.1. The Morgan fingerprint density at radius 1 is 1.00 bits per heavy atom. The number of aryl methyl sites for hydroxylation is 1. The van der Waals surface area contributed by atoms with Gasteiger partial charge in [0.05, 0.1) is 17.1 Å². The van der Waals surface area contributed by atoms with E-state index in [9.17, 15) is 17.2 Å². The van der Waals surface area contributed by atoms with Crippen molar-refractivity contribution in [3.8, 4) is 22.6 Å². The van der Waals surface area contributed by atoms with Crippen molar-refractivity contribution in [2.24, 2.45) is 0 Å². The Balaban J connectivity index is 1.69. The third-order valence-electron chi connectivity index (χ3n) is 5.70. The van der Waals surface area contributed by atoms with Crippen molar-refractivity contribution in [3.63, 3.8) is 0 Å². The Morgan fingerprint density at radius 2 is 1.73 bits per heavy atom. The lowest BCUT2D eigenvalue weighted by Crippen LogP contribution is -2.17. The monoisotopic (exact) mass is 524 g/mol. The first kappa shape index (κ1) is 24.3. The Morgan fingerprint density at radius 3 is 2.43 bits per heavy atom. The van der Waals surface area contributed by atoms with Gasteiger partial charge in [-0.3, -0.25) is 9.12 Å². The molecular weight excluding hydrogens is 505 g/mol. The molecule has 5 aromatic rings. The van der Waals surface area contributed by atoms with Crippen LogP contribution in [0, 0.1) is 17.5 Å². The summed E-state index contributed by atoms with van der Waals surface area (Å²) in [5, 5.41) is 0. The van der Waals surface area contributed by atoms with E-state index in [0.717, 1.165) is 36.2 Å². The second kappa shape index (κ2) is 9.21. The number of nitrogen functional groups attached to an aromatic ring is 1. The minimum absolute atomic E-state index is 0.00234. The fourth-order valence-electron chi connectivity index (χ4n) is 3.97. The summed E-state index contributed by atoms with van der Waals surface area (Å²) < 4.78 is 73.4. The van der Waals surface area contributed by atoms with E-state index < -0.39 is 38.1 Å². The number of halogens is 3. The van der Waals surface area contributed by atoms with Gasteiger partial charge in [0.1, 0.15) is 23.0 Å². The molecule has 0 aliphatic carbocycles. The molecule has 0 saturated carbocycles. The molecule has 0 saturated heterocycles. The molecule has 37 heavy (non-hydrogen) atoms. The molecule has 2 aromatic carbocycles. The van der Waals surface area contributed by atoms with Crippen molar-refractivity contribution >= 4 is 27.3 Å². The van der Waals surface area contributed by atoms with Crippen molar-refractivity contribution < 1.29 is 21.6 Å². The fraction of sp³-hybridized carbons (Fsp3) is 0.0800. The first-order valence-corrected chi connectivity index (χ1v) is 12.5. The van der Waals surface area contributed by atoms with Gasteiger partial charge in [-0.05, 0) is 54.4 Å². The van der Waals surface area contributed by atoms with Crippen LogP contribution in [0.2, 0.25) is 0 Å². The minimum atomic E-state index is -4.80. The van der Waals surface area contributed by atoms with Crippen LogP contribution in [0.4, 0.5) is 24.8 Å². The van der Waals surface area contributed by atoms with Gasteiger partial charge in [-0.2, -0.15) is 0 Å². The molecule has 0 bridgehead atoms. The summed E-state index contributed by atoms with van der Waals surface area (Å²) >= 11 is 0. The first-order valence-electron chi connectivity index (χ1n) is 11.0. The second-order valence-corrected chi connectivity index (χ2v) is 9.67. The number of hydrogen-bond acceptors (Lipinski definition) is 6. The van der Waals surface area contributed by atoms with E-state index in [2.05, 4.69) is 15.0 Å². The summed E-state index contributed by atoms with van der Waals surface area (Å²) in [6.45, 7) is 1.98. The number of hydrogen-bond donors (Lipinski definition) is 2. The number of sulfonamides is 1. The number of nitrogens with one attached hydrogen (secondary N) is 1. The number of aromatic nitrogens is 4. The van der Waals surface area contributed by atoms with Crippen LogP contribution in [0.3, 0.4) is 0 Å². The van der Waals surface area contributed by atoms with Crippen molar-refractivity contribution in [1.82, 2.24) is 19.4 Å². The SMILES string of the molecule is CCc1ccn2c(-c3ccnc(N)n3)c(-c3cccc(NS(=O)(=O)c4c(F)cccc4F)c3F)nc2c1. The van der Waals surface area contributed by atoms with E-state index in [-0.39, 0.29) is 17.2 Å². The van der Waals surface area contributed by atoms with Gasteiger partial charge in [-0.25, -0.2) is 36.5 Å². The summed E-state index contributed by atoms with van der Waals surface area (Å²) in [4.78, 5) is 11.5. The maximum Gasteiger partial charge on any atom is 0.267 e. The van der Waals surface area contributed by atoms with Gasteiger partial charge < -0.3 is 5.73 Å². The van der Waals surface area contributed by atoms with E-state index in [4.69, 9.17) is 5.73 Å². The lowest BCUT2D eigenvalue weighted by molar-refractivity contribution is 0.521. The number of nitrogens with two attached hydrogens (primary N) is 1. The highest BCUT2D eigenvalue weighted by Gasteiger charge is 2.27. The van der Waals surface area contributed by atoms with Crippen molar-refractivity contribution in [1.29, 1.82) is 0 Å². The number of fused-ring (bicyclic) bond motifs is 1. The molecule has 0 spiro atoms. The van der Waals surface area contributed by atoms with Gasteiger partial charge in [0.2, 0.25) is 5.95 Å². The summed E-state index contributed by atoms with van der Waals surface area (Å²) in [6, 6.07) is 11.9. The van der Waals surface area contributed by atoms with Crippen molar-refractivity contribution in [2.75, 3.05) is 10.5 Å². The number of benzene rings is 2. The highest BCUT2D eigenvalue weighted by molar-refractivity contribution is 7.92. The fourth-order valence-corrected chi connectivity index (χ4v) is 5.17. The van der Waals surface area contributed by atoms with Crippen LogP contribution in [-0.4, -0.2) is 27.8 Å². The standard InChI is InChI=1S/C25H19F3N6O2S/c1-2-14-10-12-34-20(13-14)32-22(23(34)19-9-11-30-25(29)31-19)15-5-3-8-18(21(15)28)33-37(35,36)24-16(26)6-4-7-17(24)27/h3-13,33H,2H2,1H3,(H2,29,30,31). The Kier molecular flexibility index (Phi) is 6.04. The molecule has 188 valence electrons. The number of pyridine rings is 1. The molecule has 0 amide bonds. The topological polar surface area (TPSA) is 115 Å². The van der Waals surface area contributed by atoms with Crippen molar-refractivity contribution in [2.45, 2.75) is 18.2 Å². The van der Waals surface area contributed by atoms with E-state index >= 15 is 4.39 Å². The third-order valence-corrected chi connectivity index (χ3v) is 7.12.